The van der Waals surface area contributed by atoms with Gasteiger partial charge in [0.25, 0.3) is 0 Å². The SMILES string of the molecule is CCCCCC(O)C(O)/C=C/C(CCCCCCCC(=O)O)OO. The summed E-state index contributed by atoms with van der Waals surface area (Å²) in [7, 11) is 0. The van der Waals surface area contributed by atoms with Crippen molar-refractivity contribution in [1.29, 1.82) is 0 Å². The van der Waals surface area contributed by atoms with Gasteiger partial charge in [0, 0.05) is 6.42 Å². The van der Waals surface area contributed by atoms with E-state index in [9.17, 15) is 15.0 Å². The van der Waals surface area contributed by atoms with E-state index in [2.05, 4.69) is 11.8 Å². The molecule has 0 spiro atoms. The molecule has 142 valence electrons. The molecule has 0 aromatic carbocycles. The summed E-state index contributed by atoms with van der Waals surface area (Å²) >= 11 is 0. The summed E-state index contributed by atoms with van der Waals surface area (Å²) in [5, 5.41) is 37.1. The van der Waals surface area contributed by atoms with Crippen molar-refractivity contribution >= 4 is 5.97 Å². The van der Waals surface area contributed by atoms with Crippen LogP contribution in [0.2, 0.25) is 0 Å². The van der Waals surface area contributed by atoms with Crippen LogP contribution in [-0.4, -0.2) is 44.9 Å². The van der Waals surface area contributed by atoms with Gasteiger partial charge in [-0.05, 0) is 19.3 Å². The summed E-state index contributed by atoms with van der Waals surface area (Å²) in [4.78, 5) is 14.8. The average Bonchev–Trinajstić information content (AvgIpc) is 2.56. The number of unbranched alkanes of at least 4 members (excludes halogenated alkanes) is 6. The second-order valence-electron chi connectivity index (χ2n) is 6.28. The van der Waals surface area contributed by atoms with E-state index in [1.807, 2.05) is 0 Å². The molecule has 3 unspecified atom stereocenters. The highest BCUT2D eigenvalue weighted by Gasteiger charge is 2.13. The molecule has 0 heterocycles. The zero-order valence-electron chi connectivity index (χ0n) is 14.8. The number of carbonyl (C=O) groups is 1. The number of hydrogen-bond donors (Lipinski definition) is 4. The van der Waals surface area contributed by atoms with Crippen molar-refractivity contribution in [3.05, 3.63) is 12.2 Å². The van der Waals surface area contributed by atoms with Gasteiger partial charge < -0.3 is 15.3 Å². The first-order valence-electron chi connectivity index (χ1n) is 9.07. The van der Waals surface area contributed by atoms with Crippen molar-refractivity contribution in [1.82, 2.24) is 0 Å². The van der Waals surface area contributed by atoms with Gasteiger partial charge in [-0.3, -0.25) is 10.1 Å². The number of aliphatic hydroxyl groups excluding tert-OH is 2. The second-order valence-corrected chi connectivity index (χ2v) is 6.28. The predicted molar refractivity (Wildman–Crippen MR) is 92.8 cm³/mol. The molecule has 0 aliphatic rings. The highest BCUT2D eigenvalue weighted by atomic mass is 17.1. The van der Waals surface area contributed by atoms with Gasteiger partial charge in [-0.2, -0.15) is 0 Å². The van der Waals surface area contributed by atoms with Crippen molar-refractivity contribution in [2.45, 2.75) is 95.9 Å². The van der Waals surface area contributed by atoms with Gasteiger partial charge in [0.2, 0.25) is 0 Å². The number of aliphatic carboxylic acids is 1. The Bertz CT molecular complexity index is 331. The second kappa shape index (κ2) is 15.6. The van der Waals surface area contributed by atoms with E-state index in [1.165, 1.54) is 6.08 Å². The van der Waals surface area contributed by atoms with Crippen LogP contribution in [0, 0.1) is 0 Å². The zero-order chi connectivity index (χ0) is 18.2. The van der Waals surface area contributed by atoms with E-state index < -0.39 is 24.3 Å². The molecule has 0 aliphatic heterocycles. The van der Waals surface area contributed by atoms with Gasteiger partial charge >= 0.3 is 5.97 Å². The van der Waals surface area contributed by atoms with Crippen molar-refractivity contribution < 1.29 is 30.3 Å². The smallest absolute Gasteiger partial charge is 0.303 e. The van der Waals surface area contributed by atoms with Gasteiger partial charge in [-0.25, -0.2) is 4.89 Å². The molecule has 0 rings (SSSR count). The number of aliphatic hydroxyl groups is 2. The van der Waals surface area contributed by atoms with Crippen molar-refractivity contribution in [3.63, 3.8) is 0 Å². The molecule has 6 nitrogen and oxygen atoms in total. The van der Waals surface area contributed by atoms with Gasteiger partial charge in [-0.15, -0.1) is 0 Å². The molecule has 0 saturated heterocycles. The fraction of sp³-hybridized carbons (Fsp3) is 0.833. The van der Waals surface area contributed by atoms with Crippen molar-refractivity contribution in [3.8, 4) is 0 Å². The third-order valence-electron chi connectivity index (χ3n) is 4.04. The Labute approximate surface area is 145 Å². The summed E-state index contributed by atoms with van der Waals surface area (Å²) in [5.74, 6) is -0.760. The molecule has 0 bridgehead atoms. The largest absolute Gasteiger partial charge is 0.481 e. The van der Waals surface area contributed by atoms with Crippen LogP contribution in [0.25, 0.3) is 0 Å². The first-order chi connectivity index (χ1) is 11.5. The highest BCUT2D eigenvalue weighted by Crippen LogP contribution is 2.13. The van der Waals surface area contributed by atoms with E-state index in [0.717, 1.165) is 44.9 Å². The van der Waals surface area contributed by atoms with E-state index >= 15 is 0 Å². The number of rotatable bonds is 16. The van der Waals surface area contributed by atoms with Crippen LogP contribution in [0.3, 0.4) is 0 Å². The van der Waals surface area contributed by atoms with Gasteiger partial charge in [0.05, 0.1) is 12.2 Å². The Balaban J connectivity index is 3.85. The molecular weight excluding hydrogens is 312 g/mol. The Hall–Kier alpha value is -0.950. The van der Waals surface area contributed by atoms with Crippen LogP contribution >= 0.6 is 0 Å². The standard InChI is InChI=1S/C18H34O6/c1-2-3-7-11-16(19)17(20)14-13-15(24-23)10-8-5-4-6-9-12-18(21)22/h13-17,19-20,23H,2-12H2,1H3,(H,21,22)/b14-13+. The minimum Gasteiger partial charge on any atom is -0.481 e. The van der Waals surface area contributed by atoms with Crippen molar-refractivity contribution in [2.24, 2.45) is 0 Å². The fourth-order valence-corrected chi connectivity index (χ4v) is 2.48. The molecule has 24 heavy (non-hydrogen) atoms. The lowest BCUT2D eigenvalue weighted by atomic mass is 10.0. The molecule has 0 aliphatic carbocycles. The number of carboxylic acid groups (broad SMARTS) is 1. The number of carboxylic acids is 1. The average molecular weight is 346 g/mol. The monoisotopic (exact) mass is 346 g/mol. The quantitative estimate of drug-likeness (QED) is 0.147. The summed E-state index contributed by atoms with van der Waals surface area (Å²) in [5.41, 5.74) is 0. The van der Waals surface area contributed by atoms with Crippen LogP contribution in [0.5, 0.6) is 0 Å². The zero-order valence-corrected chi connectivity index (χ0v) is 14.8. The van der Waals surface area contributed by atoms with Gasteiger partial charge in [0.1, 0.15) is 6.10 Å². The first-order valence-corrected chi connectivity index (χ1v) is 9.07. The molecular formula is C18H34O6. The molecule has 4 N–H and O–H groups in total. The van der Waals surface area contributed by atoms with E-state index in [4.69, 9.17) is 10.4 Å². The topological polar surface area (TPSA) is 107 Å². The lowest BCUT2D eigenvalue weighted by molar-refractivity contribution is -0.267. The summed E-state index contributed by atoms with van der Waals surface area (Å²) in [6, 6.07) is 0. The van der Waals surface area contributed by atoms with Gasteiger partial charge in [-0.1, -0.05) is 64.0 Å². The van der Waals surface area contributed by atoms with Gasteiger partial charge in [0.15, 0.2) is 0 Å². The lowest BCUT2D eigenvalue weighted by Crippen LogP contribution is -2.24. The minimum absolute atomic E-state index is 0.212. The maximum atomic E-state index is 10.4. The highest BCUT2D eigenvalue weighted by molar-refractivity contribution is 5.66. The lowest BCUT2D eigenvalue weighted by Gasteiger charge is -2.15. The maximum absolute atomic E-state index is 10.4. The fourth-order valence-electron chi connectivity index (χ4n) is 2.48. The Morgan fingerprint density at radius 2 is 1.58 bits per heavy atom. The Kier molecular flexibility index (Phi) is 15.0. The molecule has 0 aromatic heterocycles. The summed E-state index contributed by atoms with van der Waals surface area (Å²) < 4.78 is 0. The van der Waals surface area contributed by atoms with Crippen LogP contribution in [0.4, 0.5) is 0 Å². The third-order valence-corrected chi connectivity index (χ3v) is 4.04. The van der Waals surface area contributed by atoms with Crippen LogP contribution in [0.15, 0.2) is 12.2 Å². The molecule has 6 heteroatoms. The summed E-state index contributed by atoms with van der Waals surface area (Å²) in [6.45, 7) is 2.08. The van der Waals surface area contributed by atoms with Crippen LogP contribution < -0.4 is 0 Å². The van der Waals surface area contributed by atoms with E-state index in [0.29, 0.717) is 19.3 Å². The Morgan fingerprint density at radius 1 is 0.958 bits per heavy atom. The molecule has 0 radical (unpaired) electrons. The van der Waals surface area contributed by atoms with Crippen molar-refractivity contribution in [2.75, 3.05) is 0 Å². The predicted octanol–water partition coefficient (Wildman–Crippen LogP) is 3.52. The normalized spacial score (nSPS) is 15.5. The first kappa shape index (κ1) is 23.1. The maximum Gasteiger partial charge on any atom is 0.303 e. The molecule has 0 saturated carbocycles. The summed E-state index contributed by atoms with van der Waals surface area (Å²) in [6.07, 6.45) is 9.49. The van der Waals surface area contributed by atoms with E-state index in [1.54, 1.807) is 6.08 Å². The molecule has 0 amide bonds. The minimum atomic E-state index is -0.949. The number of hydrogen-bond acceptors (Lipinski definition) is 5. The third kappa shape index (κ3) is 13.5. The van der Waals surface area contributed by atoms with Crippen LogP contribution in [-0.2, 0) is 9.68 Å². The molecule has 3 atom stereocenters. The van der Waals surface area contributed by atoms with Crippen LogP contribution in [0.1, 0.15) is 77.6 Å². The van der Waals surface area contributed by atoms with E-state index in [-0.39, 0.29) is 6.42 Å². The molecule has 0 fully saturated rings. The Morgan fingerprint density at radius 3 is 2.21 bits per heavy atom. The molecule has 0 aromatic rings.